The van der Waals surface area contributed by atoms with Crippen molar-refractivity contribution in [3.8, 4) is 0 Å². The van der Waals surface area contributed by atoms with Gasteiger partial charge in [0.1, 0.15) is 5.82 Å². The molecule has 0 aliphatic carbocycles. The molecule has 1 atom stereocenters. The third-order valence-corrected chi connectivity index (χ3v) is 4.32. The summed E-state index contributed by atoms with van der Waals surface area (Å²) >= 11 is 0. The van der Waals surface area contributed by atoms with E-state index in [2.05, 4.69) is 33.1 Å². The third-order valence-electron chi connectivity index (χ3n) is 4.32. The summed E-state index contributed by atoms with van der Waals surface area (Å²) in [5.41, 5.74) is 9.15. The van der Waals surface area contributed by atoms with Crippen molar-refractivity contribution in [2.45, 2.75) is 45.6 Å². The Balaban J connectivity index is 2.02. The third kappa shape index (κ3) is 2.91. The lowest BCUT2D eigenvalue weighted by Gasteiger charge is -2.31. The molecule has 22 heavy (non-hydrogen) atoms. The Kier molecular flexibility index (Phi) is 4.00. The lowest BCUT2D eigenvalue weighted by atomic mass is 10.0. The fourth-order valence-corrected chi connectivity index (χ4v) is 3.37. The molecule has 0 saturated carbocycles. The number of nitrogens with two attached hydrogens (primary N) is 1. The summed E-state index contributed by atoms with van der Waals surface area (Å²) in [7, 11) is 1.98. The molecule has 3 rings (SSSR count). The Hall–Kier alpha value is -2.11. The van der Waals surface area contributed by atoms with Gasteiger partial charge in [0, 0.05) is 37.1 Å². The molecular weight excluding hydrogens is 276 g/mol. The first-order valence-electron chi connectivity index (χ1n) is 7.92. The van der Waals surface area contributed by atoms with E-state index in [-0.39, 0.29) is 0 Å². The van der Waals surface area contributed by atoms with Crippen LogP contribution in [0.3, 0.4) is 0 Å². The number of nitrogen functional groups attached to an aromatic ring is 1. The molecule has 0 amide bonds. The molecule has 1 aliphatic rings. The van der Waals surface area contributed by atoms with Crippen LogP contribution in [0.25, 0.3) is 0 Å². The summed E-state index contributed by atoms with van der Waals surface area (Å²) in [6.45, 7) is 5.04. The van der Waals surface area contributed by atoms with E-state index >= 15 is 0 Å². The van der Waals surface area contributed by atoms with E-state index in [4.69, 9.17) is 5.73 Å². The van der Waals surface area contributed by atoms with Gasteiger partial charge >= 0.3 is 0 Å². The van der Waals surface area contributed by atoms with E-state index in [0.29, 0.717) is 12.0 Å². The SMILES string of the molecule is Cc1cc(N2CCCCCC2c2cn(C)nc2C)nc(N)n1. The molecule has 2 aromatic rings. The molecule has 6 nitrogen and oxygen atoms in total. The van der Waals surface area contributed by atoms with E-state index < -0.39 is 0 Å². The van der Waals surface area contributed by atoms with Gasteiger partial charge in [-0.3, -0.25) is 4.68 Å². The second-order valence-electron chi connectivity index (χ2n) is 6.13. The molecule has 3 heterocycles. The molecular formula is C16H24N6. The average molecular weight is 300 g/mol. The predicted molar refractivity (Wildman–Crippen MR) is 87.7 cm³/mol. The molecule has 0 bridgehead atoms. The standard InChI is InChI=1S/C16H24N6/c1-11-9-15(19-16(17)18-11)22-8-6-4-5-7-14(22)13-10-21(3)20-12(13)2/h9-10,14H,4-8H2,1-3H3,(H2,17,18,19). The van der Waals surface area contributed by atoms with Crippen LogP contribution in [0.5, 0.6) is 0 Å². The molecule has 1 aliphatic heterocycles. The summed E-state index contributed by atoms with van der Waals surface area (Å²) in [6.07, 6.45) is 6.92. The fraction of sp³-hybridized carbons (Fsp3) is 0.562. The Morgan fingerprint density at radius 2 is 2.00 bits per heavy atom. The summed E-state index contributed by atoms with van der Waals surface area (Å²) in [6, 6.07) is 2.34. The summed E-state index contributed by atoms with van der Waals surface area (Å²) in [5.74, 6) is 1.28. The van der Waals surface area contributed by atoms with Crippen molar-refractivity contribution in [1.29, 1.82) is 0 Å². The lowest BCUT2D eigenvalue weighted by Crippen LogP contribution is -2.29. The maximum Gasteiger partial charge on any atom is 0.222 e. The molecule has 6 heteroatoms. The Bertz CT molecular complexity index is 642. The van der Waals surface area contributed by atoms with Gasteiger partial charge in [0.25, 0.3) is 0 Å². The monoisotopic (exact) mass is 300 g/mol. The first-order chi connectivity index (χ1) is 10.5. The maximum absolute atomic E-state index is 5.86. The second kappa shape index (κ2) is 5.94. The van der Waals surface area contributed by atoms with Crippen molar-refractivity contribution in [2.24, 2.45) is 7.05 Å². The van der Waals surface area contributed by atoms with Crippen LogP contribution in [-0.4, -0.2) is 26.3 Å². The highest BCUT2D eigenvalue weighted by molar-refractivity contribution is 5.46. The van der Waals surface area contributed by atoms with Crippen LogP contribution in [0.4, 0.5) is 11.8 Å². The lowest BCUT2D eigenvalue weighted by molar-refractivity contribution is 0.593. The normalized spacial score (nSPS) is 19.2. The zero-order valence-electron chi connectivity index (χ0n) is 13.6. The quantitative estimate of drug-likeness (QED) is 0.922. The summed E-state index contributed by atoms with van der Waals surface area (Å²) in [5, 5.41) is 4.51. The number of aromatic nitrogens is 4. The highest BCUT2D eigenvalue weighted by Gasteiger charge is 2.27. The van der Waals surface area contributed by atoms with Gasteiger partial charge in [-0.2, -0.15) is 10.1 Å². The molecule has 118 valence electrons. The molecule has 2 aromatic heterocycles. The topological polar surface area (TPSA) is 72.9 Å². The van der Waals surface area contributed by atoms with Crippen molar-refractivity contribution in [2.75, 3.05) is 17.2 Å². The number of rotatable bonds is 2. The molecule has 2 N–H and O–H groups in total. The number of nitrogens with zero attached hydrogens (tertiary/aromatic N) is 5. The van der Waals surface area contributed by atoms with Crippen molar-refractivity contribution in [3.63, 3.8) is 0 Å². The predicted octanol–water partition coefficient (Wildman–Crippen LogP) is 2.53. The van der Waals surface area contributed by atoms with E-state index in [9.17, 15) is 0 Å². The van der Waals surface area contributed by atoms with Gasteiger partial charge in [-0.1, -0.05) is 12.8 Å². The van der Waals surface area contributed by atoms with Gasteiger partial charge in [-0.15, -0.1) is 0 Å². The first kappa shape index (κ1) is 14.8. The minimum Gasteiger partial charge on any atom is -0.368 e. The Morgan fingerprint density at radius 3 is 2.68 bits per heavy atom. The van der Waals surface area contributed by atoms with E-state index in [1.165, 1.54) is 24.8 Å². The van der Waals surface area contributed by atoms with E-state index in [1.807, 2.05) is 24.7 Å². The van der Waals surface area contributed by atoms with Crippen LogP contribution in [0.15, 0.2) is 12.3 Å². The first-order valence-corrected chi connectivity index (χ1v) is 7.92. The van der Waals surface area contributed by atoms with Crippen molar-refractivity contribution >= 4 is 11.8 Å². The van der Waals surface area contributed by atoms with Crippen LogP contribution in [-0.2, 0) is 7.05 Å². The van der Waals surface area contributed by atoms with E-state index in [1.54, 1.807) is 0 Å². The van der Waals surface area contributed by atoms with Crippen LogP contribution in [0, 0.1) is 13.8 Å². The molecule has 1 saturated heterocycles. The summed E-state index contributed by atoms with van der Waals surface area (Å²) in [4.78, 5) is 11.0. The van der Waals surface area contributed by atoms with Crippen LogP contribution in [0.2, 0.25) is 0 Å². The Labute approximate surface area is 131 Å². The van der Waals surface area contributed by atoms with Crippen molar-refractivity contribution in [3.05, 3.63) is 29.2 Å². The fourth-order valence-electron chi connectivity index (χ4n) is 3.37. The number of hydrogen-bond donors (Lipinski definition) is 1. The minimum absolute atomic E-state index is 0.310. The van der Waals surface area contributed by atoms with Gasteiger partial charge in [0.2, 0.25) is 5.95 Å². The van der Waals surface area contributed by atoms with Crippen molar-refractivity contribution in [1.82, 2.24) is 19.7 Å². The van der Waals surface area contributed by atoms with Gasteiger partial charge in [0.15, 0.2) is 0 Å². The highest BCUT2D eigenvalue weighted by atomic mass is 15.3. The van der Waals surface area contributed by atoms with Crippen LogP contribution >= 0.6 is 0 Å². The van der Waals surface area contributed by atoms with Crippen LogP contribution in [0.1, 0.15) is 48.7 Å². The summed E-state index contributed by atoms with van der Waals surface area (Å²) < 4.78 is 1.90. The smallest absolute Gasteiger partial charge is 0.222 e. The Morgan fingerprint density at radius 1 is 1.18 bits per heavy atom. The maximum atomic E-state index is 5.86. The van der Waals surface area contributed by atoms with Gasteiger partial charge in [-0.05, 0) is 26.7 Å². The molecule has 0 radical (unpaired) electrons. The number of hydrogen-bond acceptors (Lipinski definition) is 5. The second-order valence-corrected chi connectivity index (χ2v) is 6.13. The van der Waals surface area contributed by atoms with E-state index in [0.717, 1.165) is 30.2 Å². The van der Waals surface area contributed by atoms with Gasteiger partial charge in [-0.25, -0.2) is 4.98 Å². The number of anilines is 2. The van der Waals surface area contributed by atoms with Gasteiger partial charge < -0.3 is 10.6 Å². The largest absolute Gasteiger partial charge is 0.368 e. The van der Waals surface area contributed by atoms with Crippen LogP contribution < -0.4 is 10.6 Å². The minimum atomic E-state index is 0.310. The highest BCUT2D eigenvalue weighted by Crippen LogP contribution is 2.34. The molecule has 0 aromatic carbocycles. The number of aryl methyl sites for hydroxylation is 3. The average Bonchev–Trinajstić information content (AvgIpc) is 2.65. The molecule has 1 fully saturated rings. The zero-order valence-corrected chi connectivity index (χ0v) is 13.6. The zero-order chi connectivity index (χ0) is 15.7. The molecule has 0 spiro atoms. The van der Waals surface area contributed by atoms with Gasteiger partial charge in [0.05, 0.1) is 11.7 Å². The molecule has 1 unspecified atom stereocenters. The van der Waals surface area contributed by atoms with Crippen molar-refractivity contribution < 1.29 is 0 Å².